The molecule has 5 nitrogen and oxygen atoms in total. The van der Waals surface area contributed by atoms with Crippen molar-refractivity contribution in [1.29, 1.82) is 0 Å². The Bertz CT molecular complexity index is 478. The van der Waals surface area contributed by atoms with Crippen LogP contribution >= 0.6 is 11.3 Å². The highest BCUT2D eigenvalue weighted by Crippen LogP contribution is 2.29. The summed E-state index contributed by atoms with van der Waals surface area (Å²) in [6.07, 6.45) is 1.58. The van der Waals surface area contributed by atoms with Gasteiger partial charge in [0.1, 0.15) is 5.60 Å². The van der Waals surface area contributed by atoms with Gasteiger partial charge in [0, 0.05) is 25.9 Å². The molecule has 102 valence electrons. The van der Waals surface area contributed by atoms with Crippen LogP contribution in [0.4, 0.5) is 4.79 Å². The second kappa shape index (κ2) is 4.85. The molecule has 3 rings (SSSR count). The summed E-state index contributed by atoms with van der Waals surface area (Å²) in [5, 5.41) is 6.69. The van der Waals surface area contributed by atoms with Crippen molar-refractivity contribution in [1.82, 2.24) is 10.2 Å². The topological polar surface area (TPSA) is 58.6 Å². The Hall–Kier alpha value is -1.56. The van der Waals surface area contributed by atoms with Crippen LogP contribution in [0, 0.1) is 0 Å². The number of nitrogens with one attached hydrogen (secondary N) is 1. The molecule has 3 heterocycles. The molecule has 1 aromatic rings. The molecular weight excluding hydrogens is 264 g/mol. The Labute approximate surface area is 115 Å². The van der Waals surface area contributed by atoms with Gasteiger partial charge in [-0.15, -0.1) is 0 Å². The highest BCUT2D eigenvalue weighted by Gasteiger charge is 2.43. The predicted octanol–water partition coefficient (Wildman–Crippen LogP) is 1.39. The smallest absolute Gasteiger partial charge is 0.407 e. The first-order chi connectivity index (χ1) is 9.17. The fourth-order valence-corrected chi connectivity index (χ4v) is 3.29. The minimum atomic E-state index is -0.379. The highest BCUT2D eigenvalue weighted by atomic mass is 32.1. The van der Waals surface area contributed by atoms with Gasteiger partial charge in [0.15, 0.2) is 0 Å². The number of ether oxygens (including phenoxy) is 1. The van der Waals surface area contributed by atoms with Gasteiger partial charge in [-0.1, -0.05) is 0 Å². The molecule has 2 aliphatic heterocycles. The summed E-state index contributed by atoms with van der Waals surface area (Å²) >= 11 is 1.61. The van der Waals surface area contributed by atoms with Gasteiger partial charge in [-0.05, 0) is 22.4 Å². The van der Waals surface area contributed by atoms with E-state index in [2.05, 4.69) is 5.32 Å². The zero-order valence-electron chi connectivity index (χ0n) is 10.6. The van der Waals surface area contributed by atoms with Gasteiger partial charge in [-0.25, -0.2) is 4.79 Å². The molecule has 6 heteroatoms. The predicted molar refractivity (Wildman–Crippen MR) is 71.1 cm³/mol. The van der Waals surface area contributed by atoms with E-state index in [1.165, 1.54) is 0 Å². The number of piperidine rings is 1. The van der Waals surface area contributed by atoms with Crippen LogP contribution in [0.15, 0.2) is 16.8 Å². The Morgan fingerprint density at radius 2 is 2.26 bits per heavy atom. The van der Waals surface area contributed by atoms with E-state index in [1.54, 1.807) is 11.3 Å². The van der Waals surface area contributed by atoms with Gasteiger partial charge < -0.3 is 15.0 Å². The number of nitrogens with zero attached hydrogens (tertiary/aromatic N) is 1. The van der Waals surface area contributed by atoms with Gasteiger partial charge >= 0.3 is 6.09 Å². The molecule has 0 atom stereocenters. The molecule has 2 amide bonds. The van der Waals surface area contributed by atoms with E-state index in [0.717, 1.165) is 18.4 Å². The van der Waals surface area contributed by atoms with Gasteiger partial charge in [0.25, 0.3) is 0 Å². The van der Waals surface area contributed by atoms with Crippen LogP contribution in [0.25, 0.3) is 0 Å². The second-order valence-electron chi connectivity index (χ2n) is 5.12. The summed E-state index contributed by atoms with van der Waals surface area (Å²) in [5.74, 6) is 0.158. The molecule has 1 spiro atoms. The highest BCUT2D eigenvalue weighted by molar-refractivity contribution is 7.07. The summed E-state index contributed by atoms with van der Waals surface area (Å²) in [6, 6.07) is 1.98. The quantitative estimate of drug-likeness (QED) is 0.890. The molecule has 2 saturated heterocycles. The standard InChI is InChI=1S/C13H16N2O3S/c16-11(7-10-1-6-19-8-10)15-4-2-13(3-5-15)9-14-12(17)18-13/h1,6,8H,2-5,7,9H2,(H,14,17). The third-order valence-electron chi connectivity index (χ3n) is 3.83. The Morgan fingerprint density at radius 3 is 2.84 bits per heavy atom. The molecule has 0 aromatic carbocycles. The van der Waals surface area contributed by atoms with E-state index in [0.29, 0.717) is 26.1 Å². The van der Waals surface area contributed by atoms with E-state index in [1.807, 2.05) is 21.7 Å². The van der Waals surface area contributed by atoms with Crippen LogP contribution in [-0.4, -0.2) is 42.1 Å². The zero-order valence-corrected chi connectivity index (χ0v) is 11.4. The lowest BCUT2D eigenvalue weighted by atomic mass is 9.91. The maximum Gasteiger partial charge on any atom is 0.407 e. The Kier molecular flexibility index (Phi) is 3.18. The van der Waals surface area contributed by atoms with Crippen molar-refractivity contribution < 1.29 is 14.3 Å². The summed E-state index contributed by atoms with van der Waals surface area (Å²) in [6.45, 7) is 1.90. The lowest BCUT2D eigenvalue weighted by Gasteiger charge is -2.37. The van der Waals surface area contributed by atoms with Crippen LogP contribution in [-0.2, 0) is 16.0 Å². The second-order valence-corrected chi connectivity index (χ2v) is 5.90. The average Bonchev–Trinajstić information content (AvgIpc) is 3.01. The van der Waals surface area contributed by atoms with Crippen molar-refractivity contribution in [2.75, 3.05) is 19.6 Å². The van der Waals surface area contributed by atoms with Crippen molar-refractivity contribution in [3.8, 4) is 0 Å². The van der Waals surface area contributed by atoms with Crippen LogP contribution in [0.3, 0.4) is 0 Å². The van der Waals surface area contributed by atoms with Crippen molar-refractivity contribution in [3.05, 3.63) is 22.4 Å². The number of alkyl carbamates (subject to hydrolysis) is 1. The molecule has 2 aliphatic rings. The van der Waals surface area contributed by atoms with Crippen molar-refractivity contribution in [2.45, 2.75) is 24.9 Å². The van der Waals surface area contributed by atoms with Crippen molar-refractivity contribution in [3.63, 3.8) is 0 Å². The molecule has 0 saturated carbocycles. The van der Waals surface area contributed by atoms with E-state index in [-0.39, 0.29) is 17.6 Å². The summed E-state index contributed by atoms with van der Waals surface area (Å²) in [5.41, 5.74) is 0.695. The Balaban J connectivity index is 1.55. The van der Waals surface area contributed by atoms with Crippen LogP contribution < -0.4 is 5.32 Å². The zero-order chi connectivity index (χ0) is 13.3. The molecule has 2 fully saturated rings. The fraction of sp³-hybridized carbons (Fsp3) is 0.538. The normalized spacial score (nSPS) is 21.3. The number of amides is 2. The number of thiophene rings is 1. The van der Waals surface area contributed by atoms with Gasteiger partial charge in [-0.2, -0.15) is 11.3 Å². The van der Waals surface area contributed by atoms with E-state index in [4.69, 9.17) is 4.74 Å². The average molecular weight is 280 g/mol. The minimum Gasteiger partial charge on any atom is -0.441 e. The van der Waals surface area contributed by atoms with E-state index < -0.39 is 0 Å². The molecule has 1 aromatic heterocycles. The number of rotatable bonds is 2. The third kappa shape index (κ3) is 2.58. The maximum atomic E-state index is 12.1. The lowest BCUT2D eigenvalue weighted by molar-refractivity contribution is -0.133. The molecule has 0 bridgehead atoms. The molecule has 0 unspecified atom stereocenters. The SMILES string of the molecule is O=C1NCC2(CCN(C(=O)Cc3ccsc3)CC2)O1. The van der Waals surface area contributed by atoms with Crippen LogP contribution in [0.1, 0.15) is 18.4 Å². The molecular formula is C13H16N2O3S. The van der Waals surface area contributed by atoms with Gasteiger partial charge in [0.05, 0.1) is 13.0 Å². The van der Waals surface area contributed by atoms with Crippen LogP contribution in [0.5, 0.6) is 0 Å². The lowest BCUT2D eigenvalue weighted by Crippen LogP contribution is -2.48. The molecule has 0 aliphatic carbocycles. The Morgan fingerprint density at radius 1 is 1.47 bits per heavy atom. The summed E-state index contributed by atoms with van der Waals surface area (Å²) in [4.78, 5) is 25.1. The molecule has 1 N–H and O–H groups in total. The van der Waals surface area contributed by atoms with Gasteiger partial charge in [0.2, 0.25) is 5.91 Å². The molecule has 0 radical (unpaired) electrons. The van der Waals surface area contributed by atoms with Crippen molar-refractivity contribution in [2.24, 2.45) is 0 Å². The van der Waals surface area contributed by atoms with Gasteiger partial charge in [-0.3, -0.25) is 4.79 Å². The number of carbonyl (C=O) groups is 2. The molecule has 19 heavy (non-hydrogen) atoms. The largest absolute Gasteiger partial charge is 0.441 e. The summed E-state index contributed by atoms with van der Waals surface area (Å²) in [7, 11) is 0. The number of hydrogen-bond acceptors (Lipinski definition) is 4. The monoisotopic (exact) mass is 280 g/mol. The van der Waals surface area contributed by atoms with E-state index in [9.17, 15) is 9.59 Å². The first kappa shape index (κ1) is 12.5. The van der Waals surface area contributed by atoms with Crippen LogP contribution in [0.2, 0.25) is 0 Å². The fourth-order valence-electron chi connectivity index (χ4n) is 2.62. The number of carbonyl (C=O) groups excluding carboxylic acids is 2. The first-order valence-electron chi connectivity index (χ1n) is 6.43. The third-order valence-corrected chi connectivity index (χ3v) is 4.56. The minimum absolute atomic E-state index is 0.158. The number of likely N-dealkylation sites (tertiary alicyclic amines) is 1. The summed E-state index contributed by atoms with van der Waals surface area (Å²) < 4.78 is 5.34. The van der Waals surface area contributed by atoms with Crippen molar-refractivity contribution >= 4 is 23.3 Å². The number of hydrogen-bond donors (Lipinski definition) is 1. The first-order valence-corrected chi connectivity index (χ1v) is 7.37. The maximum absolute atomic E-state index is 12.1. The van der Waals surface area contributed by atoms with E-state index >= 15 is 0 Å².